The molecule has 0 bridgehead atoms. The number of aliphatic imine (C=N–C) groups is 1. The summed E-state index contributed by atoms with van der Waals surface area (Å²) in [6, 6.07) is 16.2. The molecule has 0 aliphatic carbocycles. The van der Waals surface area contributed by atoms with Gasteiger partial charge < -0.3 is 11.1 Å². The Labute approximate surface area is 134 Å². The van der Waals surface area contributed by atoms with Gasteiger partial charge in [-0.25, -0.2) is 0 Å². The van der Waals surface area contributed by atoms with Gasteiger partial charge in [0.1, 0.15) is 5.84 Å². The Balaban J connectivity index is 1.71. The van der Waals surface area contributed by atoms with Gasteiger partial charge in [-0.3, -0.25) is 14.6 Å². The number of carbonyl (C=O) groups excluding carboxylic acids is 2. The molecule has 23 heavy (non-hydrogen) atoms. The highest BCUT2D eigenvalue weighted by atomic mass is 16.1. The SMILES string of the molecule is NC(=O)c1ccc(C2=NCC(C(=O)c3ccccc3)CN2)cc1. The topological polar surface area (TPSA) is 84.6 Å². The quantitative estimate of drug-likeness (QED) is 0.842. The lowest BCUT2D eigenvalue weighted by atomic mass is 9.96. The van der Waals surface area contributed by atoms with Gasteiger partial charge in [-0.05, 0) is 12.1 Å². The highest BCUT2D eigenvalue weighted by Crippen LogP contribution is 2.14. The van der Waals surface area contributed by atoms with Crippen molar-refractivity contribution in [2.24, 2.45) is 16.6 Å². The Morgan fingerprint density at radius 2 is 1.70 bits per heavy atom. The fraction of sp³-hybridized carbons (Fsp3) is 0.167. The van der Waals surface area contributed by atoms with Gasteiger partial charge in [0.15, 0.2) is 5.78 Å². The summed E-state index contributed by atoms with van der Waals surface area (Å²) in [7, 11) is 0. The molecule has 0 fully saturated rings. The number of amidine groups is 1. The number of Topliss-reactive ketones (excluding diaryl/α,β-unsaturated/α-hetero) is 1. The largest absolute Gasteiger partial charge is 0.369 e. The first kappa shape index (κ1) is 15.0. The van der Waals surface area contributed by atoms with E-state index in [1.54, 1.807) is 24.3 Å². The van der Waals surface area contributed by atoms with Gasteiger partial charge in [0, 0.05) is 23.2 Å². The number of benzene rings is 2. The molecule has 1 amide bonds. The van der Waals surface area contributed by atoms with E-state index < -0.39 is 5.91 Å². The van der Waals surface area contributed by atoms with E-state index in [-0.39, 0.29) is 11.7 Å². The number of hydrogen-bond donors (Lipinski definition) is 2. The van der Waals surface area contributed by atoms with Gasteiger partial charge in [0.2, 0.25) is 5.91 Å². The van der Waals surface area contributed by atoms with E-state index in [9.17, 15) is 9.59 Å². The van der Waals surface area contributed by atoms with Crippen LogP contribution in [0.15, 0.2) is 59.6 Å². The molecular weight excluding hydrogens is 290 g/mol. The summed E-state index contributed by atoms with van der Waals surface area (Å²) in [5, 5.41) is 3.20. The second kappa shape index (κ2) is 6.44. The van der Waals surface area contributed by atoms with E-state index in [4.69, 9.17) is 5.73 Å². The van der Waals surface area contributed by atoms with Gasteiger partial charge in [-0.2, -0.15) is 0 Å². The Morgan fingerprint density at radius 3 is 2.26 bits per heavy atom. The number of nitrogens with two attached hydrogens (primary N) is 1. The second-order valence-corrected chi connectivity index (χ2v) is 5.44. The molecule has 5 nitrogen and oxygen atoms in total. The van der Waals surface area contributed by atoms with Crippen molar-refractivity contribution < 1.29 is 9.59 Å². The first-order valence-corrected chi connectivity index (χ1v) is 7.43. The fourth-order valence-corrected chi connectivity index (χ4v) is 2.54. The van der Waals surface area contributed by atoms with Crippen LogP contribution in [-0.4, -0.2) is 30.6 Å². The average molecular weight is 307 g/mol. The monoisotopic (exact) mass is 307 g/mol. The molecular formula is C18H17N3O2. The number of amides is 1. The summed E-state index contributed by atoms with van der Waals surface area (Å²) in [5.41, 5.74) is 7.27. The molecule has 0 radical (unpaired) electrons. The van der Waals surface area contributed by atoms with Gasteiger partial charge in [0.25, 0.3) is 0 Å². The zero-order valence-electron chi connectivity index (χ0n) is 12.5. The van der Waals surface area contributed by atoms with E-state index in [0.29, 0.717) is 24.2 Å². The summed E-state index contributed by atoms with van der Waals surface area (Å²) < 4.78 is 0. The van der Waals surface area contributed by atoms with Crippen molar-refractivity contribution in [2.45, 2.75) is 0 Å². The van der Waals surface area contributed by atoms with E-state index in [0.717, 1.165) is 11.4 Å². The summed E-state index contributed by atoms with van der Waals surface area (Å²) in [4.78, 5) is 28.0. The molecule has 116 valence electrons. The first-order valence-electron chi connectivity index (χ1n) is 7.43. The van der Waals surface area contributed by atoms with Crippen molar-refractivity contribution in [3.8, 4) is 0 Å². The molecule has 0 aromatic heterocycles. The van der Waals surface area contributed by atoms with Crippen molar-refractivity contribution in [1.82, 2.24) is 5.32 Å². The van der Waals surface area contributed by atoms with Crippen LogP contribution in [0.25, 0.3) is 0 Å². The van der Waals surface area contributed by atoms with E-state index in [1.165, 1.54) is 0 Å². The van der Waals surface area contributed by atoms with Crippen LogP contribution in [0.1, 0.15) is 26.3 Å². The smallest absolute Gasteiger partial charge is 0.248 e. The summed E-state index contributed by atoms with van der Waals surface area (Å²) in [6.07, 6.45) is 0. The molecule has 1 heterocycles. The minimum Gasteiger partial charge on any atom is -0.369 e. The molecule has 1 unspecified atom stereocenters. The number of rotatable bonds is 4. The standard InChI is InChI=1S/C18H17N3O2/c19-17(23)13-6-8-14(9-7-13)18-20-10-15(11-21-18)16(22)12-4-2-1-3-5-12/h1-9,15H,10-11H2,(H2,19,23)(H,20,21). The Hall–Kier alpha value is -2.95. The molecule has 3 rings (SSSR count). The lowest BCUT2D eigenvalue weighted by Crippen LogP contribution is -2.39. The maximum Gasteiger partial charge on any atom is 0.248 e. The number of hydrogen-bond acceptors (Lipinski definition) is 4. The number of carbonyl (C=O) groups is 2. The van der Waals surface area contributed by atoms with Gasteiger partial charge in [-0.1, -0.05) is 42.5 Å². The average Bonchev–Trinajstić information content (AvgIpc) is 2.62. The molecule has 1 atom stereocenters. The Morgan fingerprint density at radius 1 is 1.00 bits per heavy atom. The highest BCUT2D eigenvalue weighted by molar-refractivity contribution is 6.03. The van der Waals surface area contributed by atoms with Crippen LogP contribution < -0.4 is 11.1 Å². The third-order valence-corrected chi connectivity index (χ3v) is 3.86. The van der Waals surface area contributed by atoms with E-state index in [2.05, 4.69) is 10.3 Å². The normalized spacial score (nSPS) is 17.0. The van der Waals surface area contributed by atoms with Crippen LogP contribution in [0.2, 0.25) is 0 Å². The van der Waals surface area contributed by atoms with Crippen LogP contribution in [0, 0.1) is 5.92 Å². The fourth-order valence-electron chi connectivity index (χ4n) is 2.54. The van der Waals surface area contributed by atoms with Crippen LogP contribution in [0.5, 0.6) is 0 Å². The molecule has 0 spiro atoms. The lowest BCUT2D eigenvalue weighted by molar-refractivity contribution is 0.0923. The summed E-state index contributed by atoms with van der Waals surface area (Å²) in [5.74, 6) is 0.220. The third kappa shape index (κ3) is 3.29. The van der Waals surface area contributed by atoms with Crippen molar-refractivity contribution >= 4 is 17.5 Å². The minimum atomic E-state index is -0.455. The maximum absolute atomic E-state index is 12.4. The maximum atomic E-state index is 12.4. The first-order chi connectivity index (χ1) is 11.1. The molecule has 2 aromatic rings. The highest BCUT2D eigenvalue weighted by Gasteiger charge is 2.23. The molecule has 3 N–H and O–H groups in total. The number of primary amides is 1. The predicted octanol–water partition coefficient (Wildman–Crippen LogP) is 1.63. The van der Waals surface area contributed by atoms with Crippen molar-refractivity contribution in [3.05, 3.63) is 71.3 Å². The molecule has 1 aliphatic rings. The molecule has 0 saturated heterocycles. The minimum absolute atomic E-state index is 0.102. The zero-order valence-corrected chi connectivity index (χ0v) is 12.5. The van der Waals surface area contributed by atoms with E-state index in [1.807, 2.05) is 30.3 Å². The van der Waals surface area contributed by atoms with Crippen LogP contribution >= 0.6 is 0 Å². The predicted molar refractivity (Wildman–Crippen MR) is 88.6 cm³/mol. The number of nitrogens with zero attached hydrogens (tertiary/aromatic N) is 1. The Bertz CT molecular complexity index is 752. The molecule has 5 heteroatoms. The number of nitrogens with one attached hydrogen (secondary N) is 1. The Kier molecular flexibility index (Phi) is 4.19. The third-order valence-electron chi connectivity index (χ3n) is 3.86. The van der Waals surface area contributed by atoms with Gasteiger partial charge >= 0.3 is 0 Å². The lowest BCUT2D eigenvalue weighted by Gasteiger charge is -2.22. The zero-order chi connectivity index (χ0) is 16.2. The van der Waals surface area contributed by atoms with Crippen LogP contribution in [0.3, 0.4) is 0 Å². The molecule has 2 aromatic carbocycles. The summed E-state index contributed by atoms with van der Waals surface area (Å²) >= 11 is 0. The van der Waals surface area contributed by atoms with Gasteiger partial charge in [0.05, 0.1) is 12.5 Å². The van der Waals surface area contributed by atoms with Crippen molar-refractivity contribution in [2.75, 3.05) is 13.1 Å². The van der Waals surface area contributed by atoms with Gasteiger partial charge in [-0.15, -0.1) is 0 Å². The van der Waals surface area contributed by atoms with Crippen LogP contribution in [-0.2, 0) is 0 Å². The summed E-state index contributed by atoms with van der Waals surface area (Å²) in [6.45, 7) is 0.998. The number of ketones is 1. The van der Waals surface area contributed by atoms with Crippen molar-refractivity contribution in [3.63, 3.8) is 0 Å². The van der Waals surface area contributed by atoms with E-state index >= 15 is 0 Å². The second-order valence-electron chi connectivity index (χ2n) is 5.44. The molecule has 1 aliphatic heterocycles. The van der Waals surface area contributed by atoms with Crippen molar-refractivity contribution in [1.29, 1.82) is 0 Å². The molecule has 0 saturated carbocycles. The van der Waals surface area contributed by atoms with Crippen LogP contribution in [0.4, 0.5) is 0 Å².